The van der Waals surface area contributed by atoms with Gasteiger partial charge in [-0.25, -0.2) is 4.68 Å². The summed E-state index contributed by atoms with van der Waals surface area (Å²) in [5, 5.41) is 10.9. The third-order valence-electron chi connectivity index (χ3n) is 4.66. The van der Waals surface area contributed by atoms with Crippen molar-refractivity contribution in [2.75, 3.05) is 32.8 Å². The van der Waals surface area contributed by atoms with Crippen LogP contribution in [-0.4, -0.2) is 52.9 Å². The second-order valence-electron chi connectivity index (χ2n) is 6.99. The number of anilines is 1. The zero-order valence-electron chi connectivity index (χ0n) is 17.2. The molecule has 3 aromatic rings. The third-order valence-corrected chi connectivity index (χ3v) is 4.66. The Bertz CT molecular complexity index is 1030. The van der Waals surface area contributed by atoms with Gasteiger partial charge in [-0.2, -0.15) is 23.4 Å². The first-order valence-corrected chi connectivity index (χ1v) is 9.23. The first kappa shape index (κ1) is 22.5. The van der Waals surface area contributed by atoms with E-state index in [1.54, 1.807) is 18.5 Å². The lowest BCUT2D eigenvalue weighted by atomic mass is 10.00. The van der Waals surface area contributed by atoms with Gasteiger partial charge in [-0.15, -0.1) is 0 Å². The molecule has 8 nitrogen and oxygen atoms in total. The van der Waals surface area contributed by atoms with Crippen molar-refractivity contribution in [3.8, 4) is 5.69 Å². The molecule has 0 saturated heterocycles. The number of carbonyl (C=O) groups excluding carboxylic acids is 1. The van der Waals surface area contributed by atoms with Gasteiger partial charge in [0, 0.05) is 32.8 Å². The number of nitrogens with one attached hydrogen (secondary N) is 1. The minimum Gasteiger partial charge on any atom is -0.382 e. The monoisotopic (exact) mass is 437 g/mol. The van der Waals surface area contributed by atoms with Gasteiger partial charge in [0.2, 0.25) is 0 Å². The average Bonchev–Trinajstić information content (AvgIpc) is 3.39. The van der Waals surface area contributed by atoms with Crippen LogP contribution in [0.25, 0.3) is 5.69 Å². The van der Waals surface area contributed by atoms with E-state index in [0.717, 1.165) is 17.7 Å². The molecule has 0 aliphatic rings. The Kier molecular flexibility index (Phi) is 6.46. The van der Waals surface area contributed by atoms with Crippen molar-refractivity contribution >= 4 is 11.6 Å². The first-order valence-electron chi connectivity index (χ1n) is 9.23. The Morgan fingerprint density at radius 1 is 1.16 bits per heavy atom. The van der Waals surface area contributed by atoms with Crippen molar-refractivity contribution in [1.29, 1.82) is 0 Å². The molecule has 0 spiro atoms. The quantitative estimate of drug-likeness (QED) is 0.586. The summed E-state index contributed by atoms with van der Waals surface area (Å²) in [6, 6.07) is 4.58. The maximum Gasteiger partial charge on any atom is 0.416 e. The molecule has 166 valence electrons. The Balaban J connectivity index is 2.06. The Morgan fingerprint density at radius 2 is 1.87 bits per heavy atom. The van der Waals surface area contributed by atoms with Crippen LogP contribution in [0.2, 0.25) is 0 Å². The van der Waals surface area contributed by atoms with Crippen LogP contribution in [0, 0.1) is 6.92 Å². The van der Waals surface area contributed by atoms with Crippen LogP contribution in [0.4, 0.5) is 18.9 Å². The fourth-order valence-corrected chi connectivity index (χ4v) is 3.19. The largest absolute Gasteiger partial charge is 0.416 e. The summed E-state index contributed by atoms with van der Waals surface area (Å²) in [5.41, 5.74) is -1.23. The van der Waals surface area contributed by atoms with Gasteiger partial charge in [0.05, 0.1) is 36.3 Å². The summed E-state index contributed by atoms with van der Waals surface area (Å²) in [7, 11) is 2.86. The molecule has 0 atom stereocenters. The predicted octanol–water partition coefficient (Wildman–Crippen LogP) is 3.02. The van der Waals surface area contributed by atoms with Crippen molar-refractivity contribution in [3.05, 3.63) is 60.2 Å². The van der Waals surface area contributed by atoms with Crippen molar-refractivity contribution in [2.45, 2.75) is 18.6 Å². The van der Waals surface area contributed by atoms with Crippen LogP contribution in [0.3, 0.4) is 0 Å². The van der Waals surface area contributed by atoms with Crippen LogP contribution >= 0.6 is 0 Å². The molecule has 0 aliphatic heterocycles. The minimum atomic E-state index is -4.55. The molecule has 1 aromatic carbocycles. The lowest BCUT2D eigenvalue weighted by Crippen LogP contribution is -2.52. The van der Waals surface area contributed by atoms with Crippen molar-refractivity contribution in [3.63, 3.8) is 0 Å². The molecule has 2 aromatic heterocycles. The van der Waals surface area contributed by atoms with Crippen molar-refractivity contribution in [2.24, 2.45) is 0 Å². The Morgan fingerprint density at radius 3 is 2.39 bits per heavy atom. The van der Waals surface area contributed by atoms with Crippen LogP contribution in [-0.2, 0) is 26.0 Å². The third kappa shape index (κ3) is 4.62. The van der Waals surface area contributed by atoms with Crippen LogP contribution in [0.15, 0.2) is 49.1 Å². The average molecular weight is 437 g/mol. The van der Waals surface area contributed by atoms with E-state index in [4.69, 9.17) is 9.47 Å². The molecule has 0 radical (unpaired) electrons. The first-order chi connectivity index (χ1) is 14.7. The summed E-state index contributed by atoms with van der Waals surface area (Å²) in [5.74, 6) is -0.563. The normalized spacial score (nSPS) is 12.2. The number of halogens is 3. The van der Waals surface area contributed by atoms with E-state index in [2.05, 4.69) is 15.5 Å². The molecular weight excluding hydrogens is 415 g/mol. The van der Waals surface area contributed by atoms with E-state index in [9.17, 15) is 18.0 Å². The minimum absolute atomic E-state index is 0.0635. The Labute approximate surface area is 176 Å². The number of hydrogen-bond acceptors (Lipinski definition) is 5. The van der Waals surface area contributed by atoms with Crippen molar-refractivity contribution < 1.29 is 27.4 Å². The summed E-state index contributed by atoms with van der Waals surface area (Å²) in [4.78, 5) is 13.4. The fraction of sp³-hybridized carbons (Fsp3) is 0.350. The maximum absolute atomic E-state index is 13.4. The molecule has 2 heterocycles. The molecule has 1 N–H and O–H groups in total. The molecule has 0 fully saturated rings. The Hall–Kier alpha value is -3.18. The number of carbonyl (C=O) groups is 1. The lowest BCUT2D eigenvalue weighted by molar-refractivity contribution is -0.137. The molecule has 0 saturated carbocycles. The highest BCUT2D eigenvalue weighted by atomic mass is 19.4. The summed E-state index contributed by atoms with van der Waals surface area (Å²) >= 11 is 0. The van der Waals surface area contributed by atoms with Gasteiger partial charge < -0.3 is 14.8 Å². The van der Waals surface area contributed by atoms with E-state index >= 15 is 0 Å². The number of aryl methyl sites for hydroxylation is 1. The molecule has 1 amide bonds. The molecule has 0 aliphatic carbocycles. The van der Waals surface area contributed by atoms with Crippen molar-refractivity contribution in [1.82, 2.24) is 19.6 Å². The number of methoxy groups -OCH3 is 2. The molecule has 0 bridgehead atoms. The molecular formula is C20H22F3N5O3. The number of rotatable bonds is 8. The van der Waals surface area contributed by atoms with E-state index in [1.165, 1.54) is 42.0 Å². The van der Waals surface area contributed by atoms with Crippen LogP contribution in [0.1, 0.15) is 11.1 Å². The smallest absolute Gasteiger partial charge is 0.382 e. The molecule has 31 heavy (non-hydrogen) atoms. The second kappa shape index (κ2) is 8.90. The van der Waals surface area contributed by atoms with Gasteiger partial charge in [0.1, 0.15) is 0 Å². The number of benzene rings is 1. The maximum atomic E-state index is 13.4. The SMILES string of the molecule is COCC(COC)(C(=O)Nc1ccc(C(F)(F)F)cc1-n1cccn1)n1cc(C)cn1. The number of nitrogens with zero attached hydrogens (tertiary/aromatic N) is 4. The van der Waals surface area contributed by atoms with Gasteiger partial charge in [-0.3, -0.25) is 9.48 Å². The number of ether oxygens (including phenoxy) is 2. The van der Waals surface area contributed by atoms with Gasteiger partial charge in [-0.05, 0) is 36.8 Å². The topological polar surface area (TPSA) is 83.2 Å². The fourth-order valence-electron chi connectivity index (χ4n) is 3.19. The highest BCUT2D eigenvalue weighted by Crippen LogP contribution is 2.33. The predicted molar refractivity (Wildman–Crippen MR) is 106 cm³/mol. The van der Waals surface area contributed by atoms with Gasteiger partial charge in [0.15, 0.2) is 5.54 Å². The number of aromatic nitrogens is 4. The van der Waals surface area contributed by atoms with E-state index < -0.39 is 23.2 Å². The summed E-state index contributed by atoms with van der Waals surface area (Å²) < 4.78 is 53.0. The van der Waals surface area contributed by atoms with E-state index in [0.29, 0.717) is 0 Å². The zero-order valence-corrected chi connectivity index (χ0v) is 17.2. The summed E-state index contributed by atoms with van der Waals surface area (Å²) in [6.45, 7) is 1.66. The number of hydrogen-bond donors (Lipinski definition) is 1. The van der Waals surface area contributed by atoms with E-state index in [1.807, 2.05) is 6.92 Å². The van der Waals surface area contributed by atoms with Gasteiger partial charge >= 0.3 is 6.18 Å². The lowest BCUT2D eigenvalue weighted by Gasteiger charge is -2.31. The highest BCUT2D eigenvalue weighted by molar-refractivity contribution is 5.98. The number of alkyl halides is 3. The van der Waals surface area contributed by atoms with Gasteiger partial charge in [0.25, 0.3) is 5.91 Å². The van der Waals surface area contributed by atoms with Crippen LogP contribution in [0.5, 0.6) is 0 Å². The highest BCUT2D eigenvalue weighted by Gasteiger charge is 2.42. The summed E-state index contributed by atoms with van der Waals surface area (Å²) in [6.07, 6.45) is 1.62. The molecule has 0 unspecified atom stereocenters. The molecule has 11 heteroatoms. The number of amides is 1. The second-order valence-corrected chi connectivity index (χ2v) is 6.99. The standard InChI is InChI=1S/C20H22F3N5O3/c1-14-10-25-28(11-14)19(12-30-2,13-31-3)18(29)26-16-6-5-15(20(21,22)23)9-17(16)27-8-4-7-24-27/h4-11H,12-13H2,1-3H3,(H,26,29). The van der Waals surface area contributed by atoms with E-state index in [-0.39, 0.29) is 24.6 Å². The zero-order chi connectivity index (χ0) is 22.6. The molecule has 3 rings (SSSR count). The van der Waals surface area contributed by atoms with Gasteiger partial charge in [-0.1, -0.05) is 0 Å². The van der Waals surface area contributed by atoms with Crippen LogP contribution < -0.4 is 5.32 Å².